The number of ketones is 1. The molecule has 0 unspecified atom stereocenters. The van der Waals surface area contributed by atoms with Gasteiger partial charge in [0.05, 0.1) is 5.02 Å². The summed E-state index contributed by atoms with van der Waals surface area (Å²) in [5.74, 6) is 0.502. The zero-order valence-electron chi connectivity index (χ0n) is 8.35. The van der Waals surface area contributed by atoms with Gasteiger partial charge in [0, 0.05) is 18.0 Å². The van der Waals surface area contributed by atoms with E-state index in [1.807, 2.05) is 0 Å². The Balaban J connectivity index is 2.18. The second-order valence-electron chi connectivity index (χ2n) is 3.15. The SMILES string of the molecule is O=C(/C=C/c1ncc[nH]1)c1ccccc1Cl. The zero-order chi connectivity index (χ0) is 11.4. The van der Waals surface area contributed by atoms with Crippen molar-refractivity contribution in [1.82, 2.24) is 9.97 Å². The third-order valence-electron chi connectivity index (χ3n) is 2.05. The molecule has 0 saturated carbocycles. The molecule has 1 N–H and O–H groups in total. The Morgan fingerprint density at radius 1 is 1.38 bits per heavy atom. The van der Waals surface area contributed by atoms with Crippen LogP contribution in [0, 0.1) is 0 Å². The third kappa shape index (κ3) is 2.38. The number of nitrogens with one attached hydrogen (secondary N) is 1. The lowest BCUT2D eigenvalue weighted by Crippen LogP contribution is -1.94. The highest BCUT2D eigenvalue weighted by Crippen LogP contribution is 2.16. The van der Waals surface area contributed by atoms with Gasteiger partial charge in [-0.1, -0.05) is 23.7 Å². The zero-order valence-corrected chi connectivity index (χ0v) is 9.11. The Kier molecular flexibility index (Phi) is 3.17. The van der Waals surface area contributed by atoms with Crippen LogP contribution in [0.2, 0.25) is 5.02 Å². The molecule has 0 fully saturated rings. The number of carbonyl (C=O) groups is 1. The van der Waals surface area contributed by atoms with Gasteiger partial charge in [-0.15, -0.1) is 0 Å². The van der Waals surface area contributed by atoms with E-state index in [0.717, 1.165) is 0 Å². The summed E-state index contributed by atoms with van der Waals surface area (Å²) in [5.41, 5.74) is 0.493. The van der Waals surface area contributed by atoms with Gasteiger partial charge in [0.2, 0.25) is 0 Å². The Morgan fingerprint density at radius 2 is 2.19 bits per heavy atom. The fourth-order valence-electron chi connectivity index (χ4n) is 1.27. The van der Waals surface area contributed by atoms with Crippen molar-refractivity contribution in [3.05, 3.63) is 59.1 Å². The maximum atomic E-state index is 11.7. The highest BCUT2D eigenvalue weighted by Gasteiger charge is 2.05. The molecule has 2 rings (SSSR count). The lowest BCUT2D eigenvalue weighted by Gasteiger charge is -1.97. The Labute approximate surface area is 97.8 Å². The van der Waals surface area contributed by atoms with Crippen molar-refractivity contribution in [1.29, 1.82) is 0 Å². The molecule has 0 amide bonds. The maximum Gasteiger partial charge on any atom is 0.187 e. The molecule has 16 heavy (non-hydrogen) atoms. The standard InChI is InChI=1S/C12H9ClN2O/c13-10-4-2-1-3-9(10)11(16)5-6-12-14-7-8-15-12/h1-8H,(H,14,15)/b6-5+. The molecule has 4 heteroatoms. The lowest BCUT2D eigenvalue weighted by molar-refractivity contribution is 0.104. The van der Waals surface area contributed by atoms with Crippen LogP contribution in [0.3, 0.4) is 0 Å². The number of imidazole rings is 1. The summed E-state index contributed by atoms with van der Waals surface area (Å²) in [4.78, 5) is 18.6. The van der Waals surface area contributed by atoms with Crippen LogP contribution in [0.1, 0.15) is 16.2 Å². The van der Waals surface area contributed by atoms with Crippen LogP contribution in [0.15, 0.2) is 42.7 Å². The molecule has 0 radical (unpaired) electrons. The van der Waals surface area contributed by atoms with E-state index in [4.69, 9.17) is 11.6 Å². The Hall–Kier alpha value is -1.87. The first-order valence-electron chi connectivity index (χ1n) is 4.73. The normalized spacial score (nSPS) is 10.8. The summed E-state index contributed by atoms with van der Waals surface area (Å²) >= 11 is 5.90. The number of allylic oxidation sites excluding steroid dienone is 1. The van der Waals surface area contributed by atoms with Crippen LogP contribution in [-0.4, -0.2) is 15.8 Å². The molecule has 0 aliphatic carbocycles. The van der Waals surface area contributed by atoms with Crippen LogP contribution < -0.4 is 0 Å². The van der Waals surface area contributed by atoms with Gasteiger partial charge >= 0.3 is 0 Å². The highest BCUT2D eigenvalue weighted by molar-refractivity contribution is 6.34. The van der Waals surface area contributed by atoms with Gasteiger partial charge in [-0.3, -0.25) is 4.79 Å². The van der Waals surface area contributed by atoms with Crippen molar-refractivity contribution in [2.45, 2.75) is 0 Å². The van der Waals surface area contributed by atoms with Crippen molar-refractivity contribution in [2.24, 2.45) is 0 Å². The molecule has 0 bridgehead atoms. The first kappa shape index (κ1) is 10.6. The summed E-state index contributed by atoms with van der Waals surface area (Å²) in [7, 11) is 0. The second kappa shape index (κ2) is 4.77. The topological polar surface area (TPSA) is 45.8 Å². The quantitative estimate of drug-likeness (QED) is 0.653. The van der Waals surface area contributed by atoms with Crippen molar-refractivity contribution in [3.63, 3.8) is 0 Å². The predicted octanol–water partition coefficient (Wildman–Crippen LogP) is 2.96. The monoisotopic (exact) mass is 232 g/mol. The molecular weight excluding hydrogens is 224 g/mol. The summed E-state index contributed by atoms with van der Waals surface area (Å²) in [6.07, 6.45) is 6.38. The lowest BCUT2D eigenvalue weighted by atomic mass is 10.1. The Bertz CT molecular complexity index is 518. The number of halogens is 1. The van der Waals surface area contributed by atoms with Gasteiger partial charge in [0.15, 0.2) is 5.78 Å². The number of hydrogen-bond acceptors (Lipinski definition) is 2. The molecule has 0 saturated heterocycles. The summed E-state index contributed by atoms with van der Waals surface area (Å²) < 4.78 is 0. The minimum absolute atomic E-state index is 0.137. The van der Waals surface area contributed by atoms with Crippen molar-refractivity contribution in [3.8, 4) is 0 Å². The maximum absolute atomic E-state index is 11.7. The molecule has 3 nitrogen and oxygen atoms in total. The van der Waals surface area contributed by atoms with E-state index >= 15 is 0 Å². The van der Waals surface area contributed by atoms with E-state index < -0.39 is 0 Å². The Morgan fingerprint density at radius 3 is 2.88 bits per heavy atom. The number of H-pyrrole nitrogens is 1. The molecule has 2 aromatic rings. The number of nitrogens with zero attached hydrogens (tertiary/aromatic N) is 1. The van der Waals surface area contributed by atoms with E-state index in [0.29, 0.717) is 16.4 Å². The van der Waals surface area contributed by atoms with E-state index in [9.17, 15) is 4.79 Å². The van der Waals surface area contributed by atoms with Crippen molar-refractivity contribution >= 4 is 23.5 Å². The smallest absolute Gasteiger partial charge is 0.187 e. The molecule has 0 spiro atoms. The fraction of sp³-hybridized carbons (Fsp3) is 0. The predicted molar refractivity (Wildman–Crippen MR) is 63.4 cm³/mol. The average molecular weight is 233 g/mol. The van der Waals surface area contributed by atoms with Crippen molar-refractivity contribution in [2.75, 3.05) is 0 Å². The molecular formula is C12H9ClN2O. The third-order valence-corrected chi connectivity index (χ3v) is 2.38. The average Bonchev–Trinajstić information content (AvgIpc) is 2.79. The van der Waals surface area contributed by atoms with E-state index in [1.165, 1.54) is 6.08 Å². The van der Waals surface area contributed by atoms with Gasteiger partial charge in [-0.2, -0.15) is 0 Å². The second-order valence-corrected chi connectivity index (χ2v) is 3.56. The van der Waals surface area contributed by atoms with Gasteiger partial charge in [-0.25, -0.2) is 4.98 Å². The molecule has 1 heterocycles. The summed E-state index contributed by atoms with van der Waals surface area (Å²) in [5, 5.41) is 0.455. The van der Waals surface area contributed by atoms with E-state index in [-0.39, 0.29) is 5.78 Å². The van der Waals surface area contributed by atoms with Gasteiger partial charge in [-0.05, 0) is 24.3 Å². The minimum atomic E-state index is -0.137. The number of aromatic amines is 1. The molecule has 1 aromatic carbocycles. The largest absolute Gasteiger partial charge is 0.345 e. The van der Waals surface area contributed by atoms with Gasteiger partial charge in [0.1, 0.15) is 5.82 Å². The first-order valence-corrected chi connectivity index (χ1v) is 5.11. The minimum Gasteiger partial charge on any atom is -0.345 e. The molecule has 0 aliphatic rings. The van der Waals surface area contributed by atoms with E-state index in [1.54, 1.807) is 42.7 Å². The number of benzene rings is 1. The summed E-state index contributed by atoms with van der Waals surface area (Å²) in [6, 6.07) is 6.95. The van der Waals surface area contributed by atoms with Gasteiger partial charge < -0.3 is 4.98 Å². The fourth-order valence-corrected chi connectivity index (χ4v) is 1.50. The van der Waals surface area contributed by atoms with E-state index in [2.05, 4.69) is 9.97 Å². The highest BCUT2D eigenvalue weighted by atomic mass is 35.5. The number of carbonyl (C=O) groups excluding carboxylic acids is 1. The molecule has 0 aliphatic heterocycles. The first-order chi connectivity index (χ1) is 7.77. The molecule has 80 valence electrons. The van der Waals surface area contributed by atoms with Crippen molar-refractivity contribution < 1.29 is 4.79 Å². The van der Waals surface area contributed by atoms with Crippen LogP contribution in [0.25, 0.3) is 6.08 Å². The molecule has 1 aromatic heterocycles. The van der Waals surface area contributed by atoms with Gasteiger partial charge in [0.25, 0.3) is 0 Å². The van der Waals surface area contributed by atoms with Crippen LogP contribution in [0.5, 0.6) is 0 Å². The summed E-state index contributed by atoms with van der Waals surface area (Å²) in [6.45, 7) is 0. The molecule has 0 atom stereocenters. The van der Waals surface area contributed by atoms with Crippen LogP contribution in [0.4, 0.5) is 0 Å². The number of aromatic nitrogens is 2. The number of hydrogen-bond donors (Lipinski definition) is 1. The van der Waals surface area contributed by atoms with Crippen LogP contribution in [-0.2, 0) is 0 Å². The number of rotatable bonds is 3. The van der Waals surface area contributed by atoms with Crippen LogP contribution >= 0.6 is 11.6 Å².